The second-order valence-corrected chi connectivity index (χ2v) is 4.75. The number of nitrogens with one attached hydrogen (secondary N) is 1. The molecule has 0 radical (unpaired) electrons. The van der Waals surface area contributed by atoms with Crippen LogP contribution in [0.15, 0.2) is 12.3 Å². The summed E-state index contributed by atoms with van der Waals surface area (Å²) in [6, 6.07) is 1.29. The molecule has 1 aromatic heterocycles. The summed E-state index contributed by atoms with van der Waals surface area (Å²) < 4.78 is 37.8. The maximum absolute atomic E-state index is 12.1. The Kier molecular flexibility index (Phi) is 4.86. The Labute approximate surface area is 113 Å². The van der Waals surface area contributed by atoms with Gasteiger partial charge in [-0.25, -0.2) is 0 Å². The number of halogens is 4. The van der Waals surface area contributed by atoms with Gasteiger partial charge in [0.25, 0.3) is 5.91 Å². The van der Waals surface area contributed by atoms with Gasteiger partial charge in [0, 0.05) is 12.2 Å². The number of carbonyl (C=O) groups excluding carboxylic acids is 1. The van der Waals surface area contributed by atoms with Gasteiger partial charge in [-0.1, -0.05) is 11.6 Å². The molecule has 0 fully saturated rings. The first-order valence-corrected chi connectivity index (χ1v) is 5.91. The average Bonchev–Trinajstić information content (AvgIpc) is 2.66. The van der Waals surface area contributed by atoms with Crippen molar-refractivity contribution in [1.29, 1.82) is 0 Å². The Hall–Kier alpha value is -1.21. The number of carbonyl (C=O) groups is 1. The van der Waals surface area contributed by atoms with Gasteiger partial charge in [0.15, 0.2) is 6.10 Å². The van der Waals surface area contributed by atoms with Crippen LogP contribution in [0.4, 0.5) is 13.2 Å². The van der Waals surface area contributed by atoms with Gasteiger partial charge < -0.3 is 15.0 Å². The van der Waals surface area contributed by atoms with Crippen LogP contribution >= 0.6 is 11.6 Å². The molecule has 1 heterocycles. The van der Waals surface area contributed by atoms with Crippen molar-refractivity contribution in [2.75, 3.05) is 6.54 Å². The SMILES string of the molecule is CC(C)n1cc(Cl)cc1C(=O)NCC(O)C(F)(F)F. The molecule has 0 aliphatic carbocycles. The lowest BCUT2D eigenvalue weighted by molar-refractivity contribution is -0.201. The topological polar surface area (TPSA) is 54.3 Å². The van der Waals surface area contributed by atoms with E-state index in [9.17, 15) is 18.0 Å². The molecule has 2 N–H and O–H groups in total. The summed E-state index contributed by atoms with van der Waals surface area (Å²) in [6.45, 7) is 2.71. The van der Waals surface area contributed by atoms with E-state index in [-0.39, 0.29) is 11.7 Å². The van der Waals surface area contributed by atoms with Gasteiger partial charge in [-0.15, -0.1) is 0 Å². The summed E-state index contributed by atoms with van der Waals surface area (Å²) in [5, 5.41) is 11.1. The van der Waals surface area contributed by atoms with Crippen LogP contribution in [-0.2, 0) is 0 Å². The van der Waals surface area contributed by atoms with Crippen molar-refractivity contribution in [1.82, 2.24) is 9.88 Å². The number of alkyl halides is 3. The average molecular weight is 299 g/mol. The van der Waals surface area contributed by atoms with E-state index in [0.29, 0.717) is 5.02 Å². The number of amides is 1. The fraction of sp³-hybridized carbons (Fsp3) is 0.545. The van der Waals surface area contributed by atoms with E-state index in [1.54, 1.807) is 13.8 Å². The van der Waals surface area contributed by atoms with Gasteiger partial charge in [0.1, 0.15) is 5.69 Å². The molecule has 0 aliphatic heterocycles. The summed E-state index contributed by atoms with van der Waals surface area (Å²) in [6.07, 6.45) is -5.83. The summed E-state index contributed by atoms with van der Waals surface area (Å²) in [4.78, 5) is 11.7. The van der Waals surface area contributed by atoms with E-state index in [1.165, 1.54) is 16.8 Å². The van der Waals surface area contributed by atoms with Gasteiger partial charge in [-0.05, 0) is 19.9 Å². The first-order valence-electron chi connectivity index (χ1n) is 5.53. The Morgan fingerprint density at radius 2 is 2.11 bits per heavy atom. The molecule has 1 atom stereocenters. The highest BCUT2D eigenvalue weighted by Gasteiger charge is 2.38. The second kappa shape index (κ2) is 5.83. The van der Waals surface area contributed by atoms with Crippen LogP contribution in [0.2, 0.25) is 5.02 Å². The zero-order valence-electron chi connectivity index (χ0n) is 10.3. The van der Waals surface area contributed by atoms with Crippen molar-refractivity contribution in [3.63, 3.8) is 0 Å². The highest BCUT2D eigenvalue weighted by atomic mass is 35.5. The second-order valence-electron chi connectivity index (χ2n) is 4.31. The largest absolute Gasteiger partial charge is 0.416 e. The number of rotatable bonds is 4. The predicted molar refractivity (Wildman–Crippen MR) is 64.2 cm³/mol. The normalized spacial score (nSPS) is 13.7. The van der Waals surface area contributed by atoms with Crippen LogP contribution < -0.4 is 5.32 Å². The van der Waals surface area contributed by atoms with Crippen molar-refractivity contribution in [2.45, 2.75) is 32.2 Å². The third-order valence-electron chi connectivity index (χ3n) is 2.44. The van der Waals surface area contributed by atoms with Gasteiger partial charge in [0.2, 0.25) is 0 Å². The van der Waals surface area contributed by atoms with E-state index in [0.717, 1.165) is 0 Å². The first kappa shape index (κ1) is 15.8. The molecule has 0 aromatic carbocycles. The quantitative estimate of drug-likeness (QED) is 0.896. The van der Waals surface area contributed by atoms with E-state index in [4.69, 9.17) is 16.7 Å². The van der Waals surface area contributed by atoms with Gasteiger partial charge in [-0.3, -0.25) is 4.79 Å². The van der Waals surface area contributed by atoms with Gasteiger partial charge in [-0.2, -0.15) is 13.2 Å². The van der Waals surface area contributed by atoms with Crippen LogP contribution in [-0.4, -0.2) is 34.4 Å². The minimum atomic E-state index is -4.76. The molecule has 0 bridgehead atoms. The third-order valence-corrected chi connectivity index (χ3v) is 2.64. The summed E-state index contributed by atoms with van der Waals surface area (Å²) in [5.41, 5.74) is 0.148. The smallest absolute Gasteiger partial charge is 0.382 e. The molecule has 0 spiro atoms. The maximum Gasteiger partial charge on any atom is 0.416 e. The number of aromatic nitrogens is 1. The van der Waals surface area contributed by atoms with Crippen molar-refractivity contribution in [3.05, 3.63) is 23.0 Å². The predicted octanol–water partition coefficient (Wildman–Crippen LogP) is 2.38. The molecule has 1 aromatic rings. The molecular weight excluding hydrogens is 285 g/mol. The standard InChI is InChI=1S/C11H14ClF3N2O2/c1-6(2)17-5-7(12)3-8(17)10(19)16-4-9(18)11(13,14)15/h3,5-6,9,18H,4H2,1-2H3,(H,16,19). The zero-order chi connectivity index (χ0) is 14.8. The fourth-order valence-electron chi connectivity index (χ4n) is 1.45. The fourth-order valence-corrected chi connectivity index (χ4v) is 1.66. The Balaban J connectivity index is 2.74. The maximum atomic E-state index is 12.1. The highest BCUT2D eigenvalue weighted by Crippen LogP contribution is 2.20. The van der Waals surface area contributed by atoms with Gasteiger partial charge >= 0.3 is 6.18 Å². The molecule has 0 saturated heterocycles. The molecule has 1 rings (SSSR count). The molecule has 1 amide bonds. The summed E-state index contributed by atoms with van der Waals surface area (Å²) in [7, 11) is 0. The van der Waals surface area contributed by atoms with Crippen LogP contribution in [0, 0.1) is 0 Å². The number of hydrogen-bond acceptors (Lipinski definition) is 2. The van der Waals surface area contributed by atoms with E-state index in [2.05, 4.69) is 0 Å². The number of hydrogen-bond donors (Lipinski definition) is 2. The minimum absolute atomic E-state index is 0.0687. The van der Waals surface area contributed by atoms with Crippen LogP contribution in [0.3, 0.4) is 0 Å². The Morgan fingerprint density at radius 3 is 2.58 bits per heavy atom. The third kappa shape index (κ3) is 4.14. The molecule has 4 nitrogen and oxygen atoms in total. The van der Waals surface area contributed by atoms with Crippen LogP contribution in [0.1, 0.15) is 30.4 Å². The number of aliphatic hydroxyl groups excluding tert-OH is 1. The Morgan fingerprint density at radius 1 is 1.53 bits per heavy atom. The highest BCUT2D eigenvalue weighted by molar-refractivity contribution is 6.31. The molecule has 0 saturated carbocycles. The van der Waals surface area contributed by atoms with Crippen LogP contribution in [0.25, 0.3) is 0 Å². The lowest BCUT2D eigenvalue weighted by Crippen LogP contribution is -2.41. The lowest BCUT2D eigenvalue weighted by Gasteiger charge is -2.16. The van der Waals surface area contributed by atoms with Crippen LogP contribution in [0.5, 0.6) is 0 Å². The number of aliphatic hydroxyl groups is 1. The molecule has 19 heavy (non-hydrogen) atoms. The van der Waals surface area contributed by atoms with Crippen molar-refractivity contribution >= 4 is 17.5 Å². The van der Waals surface area contributed by atoms with E-state index < -0.39 is 24.7 Å². The van der Waals surface area contributed by atoms with Crippen molar-refractivity contribution in [2.24, 2.45) is 0 Å². The summed E-state index contributed by atoms with van der Waals surface area (Å²) >= 11 is 5.76. The lowest BCUT2D eigenvalue weighted by atomic mass is 10.3. The van der Waals surface area contributed by atoms with E-state index in [1.807, 2.05) is 5.32 Å². The van der Waals surface area contributed by atoms with Crippen molar-refractivity contribution < 1.29 is 23.1 Å². The minimum Gasteiger partial charge on any atom is -0.382 e. The molecule has 1 unspecified atom stereocenters. The summed E-state index contributed by atoms with van der Waals surface area (Å²) in [5.74, 6) is -0.719. The number of nitrogens with zero attached hydrogens (tertiary/aromatic N) is 1. The Bertz CT molecular complexity index is 457. The van der Waals surface area contributed by atoms with Crippen molar-refractivity contribution in [3.8, 4) is 0 Å². The molecule has 108 valence electrons. The zero-order valence-corrected chi connectivity index (χ0v) is 11.1. The molecule has 8 heteroatoms. The first-order chi connectivity index (χ1) is 8.62. The van der Waals surface area contributed by atoms with Gasteiger partial charge in [0.05, 0.1) is 11.6 Å². The van der Waals surface area contributed by atoms with E-state index >= 15 is 0 Å². The molecule has 0 aliphatic rings. The monoisotopic (exact) mass is 298 g/mol. The molecular formula is C11H14ClF3N2O2.